The number of hydrogen-bond acceptors (Lipinski definition) is 6. The monoisotopic (exact) mass is 387 g/mol. The van der Waals surface area contributed by atoms with E-state index >= 15 is 0 Å². The van der Waals surface area contributed by atoms with Gasteiger partial charge >= 0.3 is 0 Å². The SMILES string of the molecule is S=C(NC[C@H]1CCCO1)N/N=C\c1sc(N2CCCCC2)nc1Cl. The number of aromatic nitrogens is 1. The highest BCUT2D eigenvalue weighted by atomic mass is 35.5. The second-order valence-corrected chi connectivity index (χ2v) is 7.69. The van der Waals surface area contributed by atoms with Crippen molar-refractivity contribution in [3.63, 3.8) is 0 Å². The molecular weight excluding hydrogens is 366 g/mol. The average molecular weight is 388 g/mol. The first-order valence-corrected chi connectivity index (χ1v) is 9.92. The Bertz CT molecular complexity index is 582. The lowest BCUT2D eigenvalue weighted by Gasteiger charge is -2.25. The van der Waals surface area contributed by atoms with Crippen LogP contribution in [-0.2, 0) is 4.74 Å². The van der Waals surface area contributed by atoms with Crippen LogP contribution in [0.1, 0.15) is 37.0 Å². The molecule has 2 N–H and O–H groups in total. The Morgan fingerprint density at radius 3 is 3.00 bits per heavy atom. The number of hydrogen-bond donors (Lipinski definition) is 2. The van der Waals surface area contributed by atoms with E-state index in [1.807, 2.05) is 0 Å². The largest absolute Gasteiger partial charge is 0.376 e. The number of halogens is 1. The van der Waals surface area contributed by atoms with Crippen LogP contribution in [0, 0.1) is 0 Å². The van der Waals surface area contributed by atoms with E-state index in [9.17, 15) is 0 Å². The first kappa shape index (κ1) is 17.8. The second-order valence-electron chi connectivity index (χ2n) is 5.91. The summed E-state index contributed by atoms with van der Waals surface area (Å²) in [5.74, 6) is 0. The molecule has 2 saturated heterocycles. The minimum atomic E-state index is 0.247. The number of anilines is 1. The maximum absolute atomic E-state index is 6.22. The van der Waals surface area contributed by atoms with Crippen LogP contribution >= 0.6 is 35.2 Å². The summed E-state index contributed by atoms with van der Waals surface area (Å²) < 4.78 is 5.54. The van der Waals surface area contributed by atoms with E-state index in [1.165, 1.54) is 19.3 Å². The van der Waals surface area contributed by atoms with Gasteiger partial charge in [-0.1, -0.05) is 22.9 Å². The molecule has 0 radical (unpaired) electrons. The summed E-state index contributed by atoms with van der Waals surface area (Å²) in [5, 5.41) is 9.21. The van der Waals surface area contributed by atoms with Gasteiger partial charge in [0.15, 0.2) is 15.4 Å². The minimum absolute atomic E-state index is 0.247. The normalized spacial score (nSPS) is 21.4. The second kappa shape index (κ2) is 8.94. The fourth-order valence-electron chi connectivity index (χ4n) is 2.80. The summed E-state index contributed by atoms with van der Waals surface area (Å²) in [6, 6.07) is 0. The number of thiazole rings is 1. The molecule has 132 valence electrons. The van der Waals surface area contributed by atoms with Crippen LogP contribution in [0.2, 0.25) is 5.15 Å². The molecule has 2 fully saturated rings. The molecule has 0 bridgehead atoms. The van der Waals surface area contributed by atoms with Gasteiger partial charge in [0, 0.05) is 26.2 Å². The number of hydrazone groups is 1. The number of nitrogens with zero attached hydrogens (tertiary/aromatic N) is 3. The van der Waals surface area contributed by atoms with E-state index in [0.29, 0.717) is 16.8 Å². The van der Waals surface area contributed by atoms with Crippen LogP contribution in [-0.4, -0.2) is 48.7 Å². The van der Waals surface area contributed by atoms with Crippen molar-refractivity contribution < 1.29 is 4.74 Å². The minimum Gasteiger partial charge on any atom is -0.376 e. The van der Waals surface area contributed by atoms with E-state index in [-0.39, 0.29) is 6.10 Å². The first-order chi connectivity index (χ1) is 11.7. The topological polar surface area (TPSA) is 61.8 Å². The summed E-state index contributed by atoms with van der Waals surface area (Å²) in [7, 11) is 0. The van der Waals surface area contributed by atoms with Crippen LogP contribution in [0.25, 0.3) is 0 Å². The van der Waals surface area contributed by atoms with Crippen molar-refractivity contribution >= 4 is 51.6 Å². The van der Waals surface area contributed by atoms with Crippen molar-refractivity contribution in [3.05, 3.63) is 10.0 Å². The molecule has 2 aliphatic rings. The average Bonchev–Trinajstić information content (AvgIpc) is 3.24. The summed E-state index contributed by atoms with van der Waals surface area (Å²) in [6.45, 7) is 3.65. The summed E-state index contributed by atoms with van der Waals surface area (Å²) in [4.78, 5) is 7.58. The molecule has 0 spiro atoms. The lowest BCUT2D eigenvalue weighted by atomic mass is 10.1. The van der Waals surface area contributed by atoms with Crippen LogP contribution in [0.5, 0.6) is 0 Å². The van der Waals surface area contributed by atoms with Gasteiger partial charge in [-0.3, -0.25) is 5.43 Å². The lowest BCUT2D eigenvalue weighted by Crippen LogP contribution is -2.37. The van der Waals surface area contributed by atoms with Crippen LogP contribution in [0.15, 0.2) is 5.10 Å². The Hall–Kier alpha value is -0.960. The first-order valence-electron chi connectivity index (χ1n) is 8.32. The third-order valence-corrected chi connectivity index (χ3v) is 5.77. The van der Waals surface area contributed by atoms with E-state index in [2.05, 4.69) is 25.7 Å². The zero-order valence-electron chi connectivity index (χ0n) is 13.5. The predicted octanol–water partition coefficient (Wildman–Crippen LogP) is 2.76. The van der Waals surface area contributed by atoms with Gasteiger partial charge in [0.25, 0.3) is 0 Å². The molecule has 3 heterocycles. The van der Waals surface area contributed by atoms with Gasteiger partial charge in [0.05, 0.1) is 17.2 Å². The molecule has 1 atom stereocenters. The number of piperidine rings is 1. The third-order valence-electron chi connectivity index (χ3n) is 4.09. The lowest BCUT2D eigenvalue weighted by molar-refractivity contribution is 0.114. The van der Waals surface area contributed by atoms with Crippen molar-refractivity contribution in [1.29, 1.82) is 0 Å². The Morgan fingerprint density at radius 2 is 2.25 bits per heavy atom. The third kappa shape index (κ3) is 5.02. The Kier molecular flexibility index (Phi) is 6.65. The summed E-state index contributed by atoms with van der Waals surface area (Å²) in [6.07, 6.45) is 7.84. The number of thiocarbonyl (C=S) groups is 1. The molecule has 9 heteroatoms. The molecule has 0 aliphatic carbocycles. The van der Waals surface area contributed by atoms with Crippen LogP contribution < -0.4 is 15.6 Å². The van der Waals surface area contributed by atoms with E-state index < -0.39 is 0 Å². The molecular formula is C15H22ClN5OS2. The molecule has 24 heavy (non-hydrogen) atoms. The summed E-state index contributed by atoms with van der Waals surface area (Å²) >= 11 is 13.0. The van der Waals surface area contributed by atoms with Gasteiger partial charge in [-0.05, 0) is 44.3 Å². The molecule has 0 amide bonds. The highest BCUT2D eigenvalue weighted by molar-refractivity contribution is 7.80. The summed E-state index contributed by atoms with van der Waals surface area (Å²) in [5.41, 5.74) is 2.81. The Morgan fingerprint density at radius 1 is 1.42 bits per heavy atom. The van der Waals surface area contributed by atoms with E-state index in [1.54, 1.807) is 17.6 Å². The number of ether oxygens (including phenoxy) is 1. The molecule has 1 aromatic rings. The molecule has 6 nitrogen and oxygen atoms in total. The van der Waals surface area contributed by atoms with Gasteiger partial charge in [-0.15, -0.1) is 0 Å². The standard InChI is InChI=1S/C15H22ClN5OS2/c16-13-12(24-15(19-13)21-6-2-1-3-7-21)10-18-20-14(23)17-9-11-5-4-8-22-11/h10-11H,1-9H2,(H2,17,20,23)/b18-10-/t11-/m1/s1. The zero-order chi connectivity index (χ0) is 16.8. The zero-order valence-corrected chi connectivity index (χ0v) is 15.9. The number of rotatable bonds is 5. The van der Waals surface area contributed by atoms with E-state index in [4.69, 9.17) is 28.6 Å². The molecule has 2 aliphatic heterocycles. The number of nitrogens with one attached hydrogen (secondary N) is 2. The molecule has 0 saturated carbocycles. The Balaban J connectivity index is 1.46. The van der Waals surface area contributed by atoms with Gasteiger partial charge < -0.3 is 15.0 Å². The van der Waals surface area contributed by atoms with Gasteiger partial charge in [0.1, 0.15) is 0 Å². The van der Waals surface area contributed by atoms with Crippen LogP contribution in [0.3, 0.4) is 0 Å². The van der Waals surface area contributed by atoms with E-state index in [0.717, 1.165) is 42.5 Å². The van der Waals surface area contributed by atoms with Crippen molar-refractivity contribution in [2.45, 2.75) is 38.2 Å². The van der Waals surface area contributed by atoms with Crippen molar-refractivity contribution in [2.75, 3.05) is 31.1 Å². The van der Waals surface area contributed by atoms with Crippen molar-refractivity contribution in [3.8, 4) is 0 Å². The molecule has 3 rings (SSSR count). The quantitative estimate of drug-likeness (QED) is 0.460. The van der Waals surface area contributed by atoms with Gasteiger partial charge in [-0.25, -0.2) is 4.98 Å². The van der Waals surface area contributed by atoms with Gasteiger partial charge in [0.2, 0.25) is 0 Å². The van der Waals surface area contributed by atoms with Crippen molar-refractivity contribution in [2.24, 2.45) is 5.10 Å². The maximum Gasteiger partial charge on any atom is 0.187 e. The van der Waals surface area contributed by atoms with Gasteiger partial charge in [-0.2, -0.15) is 5.10 Å². The predicted molar refractivity (Wildman–Crippen MR) is 103 cm³/mol. The maximum atomic E-state index is 6.22. The Labute approximate surface area is 156 Å². The fraction of sp³-hybridized carbons (Fsp3) is 0.667. The smallest absolute Gasteiger partial charge is 0.187 e. The van der Waals surface area contributed by atoms with Crippen LogP contribution in [0.4, 0.5) is 5.13 Å². The highest BCUT2D eigenvalue weighted by Gasteiger charge is 2.17. The molecule has 0 aromatic carbocycles. The van der Waals surface area contributed by atoms with Crippen molar-refractivity contribution in [1.82, 2.24) is 15.7 Å². The highest BCUT2D eigenvalue weighted by Crippen LogP contribution is 2.30. The molecule has 0 unspecified atom stereocenters. The fourth-order valence-corrected chi connectivity index (χ4v) is 4.11. The molecule has 1 aromatic heterocycles.